The summed E-state index contributed by atoms with van der Waals surface area (Å²) in [6.07, 6.45) is 0. The molecule has 1 N–H and O–H groups in total. The quantitative estimate of drug-likeness (QED) is 0.916. The average Bonchev–Trinajstić information content (AvgIpc) is 2.94. The second kappa shape index (κ2) is 5.73. The molecule has 2 aromatic carbocycles. The van der Waals surface area contributed by atoms with E-state index in [2.05, 4.69) is 23.5 Å². The minimum atomic E-state index is -0.154. The first-order chi connectivity index (χ1) is 9.78. The first-order valence-electron chi connectivity index (χ1n) is 6.97. The number of halogens is 1. The normalized spacial score (nSPS) is 13.5. The fourth-order valence-electron chi connectivity index (χ4n) is 2.50. The lowest BCUT2D eigenvalue weighted by Gasteiger charge is -2.09. The van der Waals surface area contributed by atoms with E-state index in [0.29, 0.717) is 25.3 Å². The molecule has 0 saturated carbocycles. The fourth-order valence-corrected chi connectivity index (χ4v) is 2.50. The lowest BCUT2D eigenvalue weighted by molar-refractivity contribution is 0.134. The molecule has 104 valence electrons. The molecule has 1 aliphatic rings. The van der Waals surface area contributed by atoms with Crippen molar-refractivity contribution in [2.75, 3.05) is 6.54 Å². The summed E-state index contributed by atoms with van der Waals surface area (Å²) in [4.78, 5) is 0. The molecule has 3 rings (SSSR count). The van der Waals surface area contributed by atoms with Crippen molar-refractivity contribution in [3.05, 3.63) is 58.9 Å². The van der Waals surface area contributed by atoms with E-state index in [1.54, 1.807) is 6.07 Å². The molecule has 0 spiro atoms. The minimum Gasteiger partial charge on any atom is -0.372 e. The molecule has 0 atom stereocenters. The summed E-state index contributed by atoms with van der Waals surface area (Å²) in [5.41, 5.74) is 5.37. The van der Waals surface area contributed by atoms with Gasteiger partial charge in [-0.2, -0.15) is 0 Å². The Hall–Kier alpha value is -1.71. The molecule has 1 aliphatic heterocycles. The Kier molecular flexibility index (Phi) is 3.81. The van der Waals surface area contributed by atoms with Gasteiger partial charge in [0.05, 0.1) is 13.2 Å². The van der Waals surface area contributed by atoms with Crippen molar-refractivity contribution in [3.63, 3.8) is 0 Å². The minimum absolute atomic E-state index is 0.154. The van der Waals surface area contributed by atoms with Gasteiger partial charge in [-0.25, -0.2) is 4.39 Å². The Bertz CT molecular complexity index is 624. The molecule has 0 fully saturated rings. The molecule has 2 nitrogen and oxygen atoms in total. The third kappa shape index (κ3) is 2.60. The predicted octanol–water partition coefficient (Wildman–Crippen LogP) is 3.63. The largest absolute Gasteiger partial charge is 0.372 e. The van der Waals surface area contributed by atoms with E-state index < -0.39 is 0 Å². The summed E-state index contributed by atoms with van der Waals surface area (Å²) in [6.45, 7) is 4.78. The molecule has 3 heteroatoms. The van der Waals surface area contributed by atoms with Crippen LogP contribution in [0, 0.1) is 5.82 Å². The summed E-state index contributed by atoms with van der Waals surface area (Å²) >= 11 is 0. The number of benzene rings is 2. The van der Waals surface area contributed by atoms with Gasteiger partial charge in [-0.15, -0.1) is 0 Å². The highest BCUT2D eigenvalue weighted by atomic mass is 19.1. The zero-order valence-corrected chi connectivity index (χ0v) is 11.6. The number of nitrogens with one attached hydrogen (secondary N) is 1. The Morgan fingerprint density at radius 2 is 1.80 bits per heavy atom. The smallest absolute Gasteiger partial charge is 0.127 e. The Labute approximate surface area is 118 Å². The molecule has 0 radical (unpaired) electrons. The highest BCUT2D eigenvalue weighted by Gasteiger charge is 2.12. The van der Waals surface area contributed by atoms with E-state index in [9.17, 15) is 4.39 Å². The van der Waals surface area contributed by atoms with Crippen molar-refractivity contribution >= 4 is 0 Å². The van der Waals surface area contributed by atoms with Crippen LogP contribution in [0.1, 0.15) is 23.6 Å². The first-order valence-corrected chi connectivity index (χ1v) is 6.97. The molecule has 20 heavy (non-hydrogen) atoms. The van der Waals surface area contributed by atoms with E-state index in [4.69, 9.17) is 4.74 Å². The molecule has 0 amide bonds. The van der Waals surface area contributed by atoms with Crippen molar-refractivity contribution in [1.82, 2.24) is 5.32 Å². The lowest BCUT2D eigenvalue weighted by atomic mass is 9.99. The molecule has 0 saturated heterocycles. The van der Waals surface area contributed by atoms with E-state index >= 15 is 0 Å². The van der Waals surface area contributed by atoms with E-state index in [1.807, 2.05) is 19.1 Å². The van der Waals surface area contributed by atoms with Crippen LogP contribution in [0.3, 0.4) is 0 Å². The molecule has 0 unspecified atom stereocenters. The highest BCUT2D eigenvalue weighted by molar-refractivity contribution is 5.66. The maximum absolute atomic E-state index is 13.8. The predicted molar refractivity (Wildman–Crippen MR) is 77.7 cm³/mol. The van der Waals surface area contributed by atoms with Crippen LogP contribution in [0.25, 0.3) is 11.1 Å². The van der Waals surface area contributed by atoms with Crippen molar-refractivity contribution in [3.8, 4) is 11.1 Å². The second-order valence-electron chi connectivity index (χ2n) is 5.06. The third-order valence-corrected chi connectivity index (χ3v) is 3.67. The van der Waals surface area contributed by atoms with Gasteiger partial charge in [-0.05, 0) is 47.0 Å². The summed E-state index contributed by atoms with van der Waals surface area (Å²) in [6, 6.07) is 11.6. The van der Waals surface area contributed by atoms with Crippen LogP contribution in [0.4, 0.5) is 4.39 Å². The van der Waals surface area contributed by atoms with E-state index in [1.165, 1.54) is 11.1 Å². The Morgan fingerprint density at radius 3 is 2.65 bits per heavy atom. The van der Waals surface area contributed by atoms with Gasteiger partial charge in [-0.3, -0.25) is 0 Å². The molecule has 1 heterocycles. The fraction of sp³-hybridized carbons (Fsp3) is 0.294. The van der Waals surface area contributed by atoms with Gasteiger partial charge in [0, 0.05) is 12.1 Å². The third-order valence-electron chi connectivity index (χ3n) is 3.67. The van der Waals surface area contributed by atoms with Gasteiger partial charge in [-0.1, -0.05) is 25.1 Å². The molecule has 0 bridgehead atoms. The summed E-state index contributed by atoms with van der Waals surface area (Å²) in [5.74, 6) is -0.154. The van der Waals surface area contributed by atoms with Crippen molar-refractivity contribution < 1.29 is 9.13 Å². The monoisotopic (exact) mass is 271 g/mol. The summed E-state index contributed by atoms with van der Waals surface area (Å²) in [7, 11) is 0. The number of hydrogen-bond acceptors (Lipinski definition) is 2. The molecular formula is C17H18FNO. The van der Waals surface area contributed by atoms with Crippen LogP contribution in [0.15, 0.2) is 36.4 Å². The van der Waals surface area contributed by atoms with Crippen LogP contribution in [-0.4, -0.2) is 6.54 Å². The van der Waals surface area contributed by atoms with Crippen LogP contribution in [0.5, 0.6) is 0 Å². The molecule has 0 aromatic heterocycles. The van der Waals surface area contributed by atoms with Crippen LogP contribution < -0.4 is 5.32 Å². The maximum Gasteiger partial charge on any atom is 0.127 e. The van der Waals surface area contributed by atoms with Gasteiger partial charge in [0.2, 0.25) is 0 Å². The average molecular weight is 271 g/mol. The topological polar surface area (TPSA) is 21.3 Å². The Morgan fingerprint density at radius 1 is 1.05 bits per heavy atom. The van der Waals surface area contributed by atoms with E-state index in [-0.39, 0.29) is 5.82 Å². The van der Waals surface area contributed by atoms with Gasteiger partial charge < -0.3 is 10.1 Å². The Balaban J connectivity index is 1.93. The maximum atomic E-state index is 13.8. The van der Waals surface area contributed by atoms with Crippen LogP contribution in [-0.2, 0) is 24.5 Å². The van der Waals surface area contributed by atoms with Gasteiger partial charge in [0.25, 0.3) is 0 Å². The number of fused-ring (bicyclic) bond motifs is 1. The second-order valence-corrected chi connectivity index (χ2v) is 5.06. The SMILES string of the molecule is CCNCc1cc(-c2ccc3c(c2)COC3)ccc1F. The van der Waals surface area contributed by atoms with E-state index in [0.717, 1.165) is 17.7 Å². The number of rotatable bonds is 4. The summed E-state index contributed by atoms with van der Waals surface area (Å²) < 4.78 is 19.2. The van der Waals surface area contributed by atoms with Crippen LogP contribution >= 0.6 is 0 Å². The summed E-state index contributed by atoms with van der Waals surface area (Å²) in [5, 5.41) is 3.17. The van der Waals surface area contributed by atoms with Crippen molar-refractivity contribution in [2.45, 2.75) is 26.7 Å². The first kappa shape index (κ1) is 13.3. The van der Waals surface area contributed by atoms with Gasteiger partial charge >= 0.3 is 0 Å². The van der Waals surface area contributed by atoms with Crippen LogP contribution in [0.2, 0.25) is 0 Å². The standard InChI is InChI=1S/C17H18FNO/c1-2-19-9-15-7-13(5-6-17(15)18)12-3-4-14-10-20-11-16(14)8-12/h3-8,19H,2,9-11H2,1H3. The number of hydrogen-bond donors (Lipinski definition) is 1. The zero-order chi connectivity index (χ0) is 13.9. The number of ether oxygens (including phenoxy) is 1. The van der Waals surface area contributed by atoms with Gasteiger partial charge in [0.1, 0.15) is 5.82 Å². The zero-order valence-electron chi connectivity index (χ0n) is 11.6. The van der Waals surface area contributed by atoms with Gasteiger partial charge in [0.15, 0.2) is 0 Å². The molecule has 2 aromatic rings. The lowest BCUT2D eigenvalue weighted by Crippen LogP contribution is -2.12. The molecule has 0 aliphatic carbocycles. The molecular weight excluding hydrogens is 253 g/mol. The van der Waals surface area contributed by atoms with Crippen molar-refractivity contribution in [1.29, 1.82) is 0 Å². The highest BCUT2D eigenvalue weighted by Crippen LogP contribution is 2.28. The van der Waals surface area contributed by atoms with Crippen molar-refractivity contribution in [2.24, 2.45) is 0 Å².